The molecule has 1 heterocycles. The maximum atomic E-state index is 7.44. The number of hydrogen-bond donors (Lipinski definition) is 1. The molecule has 2 N–H and O–H groups in total. The van der Waals surface area contributed by atoms with Crippen LogP contribution in [0.5, 0.6) is 0 Å². The van der Waals surface area contributed by atoms with Gasteiger partial charge in [-0.1, -0.05) is 179 Å². The second-order valence-electron chi connectivity index (χ2n) is 17.7. The van der Waals surface area contributed by atoms with Crippen LogP contribution in [0.1, 0.15) is 61.1 Å². The van der Waals surface area contributed by atoms with Crippen LogP contribution in [-0.4, -0.2) is 4.98 Å². The predicted octanol–water partition coefficient (Wildman–Crippen LogP) is 14.8. The third-order valence-corrected chi connectivity index (χ3v) is 13.5. The van der Waals surface area contributed by atoms with Gasteiger partial charge in [0.2, 0.25) is 0 Å². The zero-order valence-corrected chi connectivity index (χ0v) is 34.6. The Morgan fingerprint density at radius 1 is 0.450 bits per heavy atom. The van der Waals surface area contributed by atoms with Gasteiger partial charge in [0, 0.05) is 43.8 Å². The molecule has 0 atom stereocenters. The average Bonchev–Trinajstić information content (AvgIpc) is 3.66. The maximum absolute atomic E-state index is 7.44. The highest BCUT2D eigenvalue weighted by molar-refractivity contribution is 6.18. The van der Waals surface area contributed by atoms with Gasteiger partial charge in [0.15, 0.2) is 0 Å². The van der Waals surface area contributed by atoms with Gasteiger partial charge in [-0.15, -0.1) is 0 Å². The van der Waals surface area contributed by atoms with E-state index in [1.54, 1.807) is 0 Å². The van der Waals surface area contributed by atoms with Crippen LogP contribution in [0.3, 0.4) is 0 Å². The van der Waals surface area contributed by atoms with Gasteiger partial charge in [0.25, 0.3) is 0 Å². The van der Waals surface area contributed by atoms with Crippen LogP contribution >= 0.6 is 0 Å². The van der Waals surface area contributed by atoms with Crippen LogP contribution in [-0.2, 0) is 17.3 Å². The zero-order chi connectivity index (χ0) is 40.8. The van der Waals surface area contributed by atoms with Gasteiger partial charge in [-0.25, -0.2) is 4.98 Å². The van der Waals surface area contributed by atoms with E-state index < -0.39 is 0 Å². The first-order valence-electron chi connectivity index (χ1n) is 21.1. The van der Waals surface area contributed by atoms with Crippen molar-refractivity contribution in [2.75, 3.05) is 5.73 Å². The largest absolute Gasteiger partial charge is 0.398 e. The Kier molecular flexibility index (Phi) is 8.12. The molecule has 0 amide bonds. The molecule has 0 fully saturated rings. The monoisotopic (exact) mass is 770 g/mol. The first-order chi connectivity index (χ1) is 29.2. The van der Waals surface area contributed by atoms with Crippen molar-refractivity contribution < 1.29 is 0 Å². The molecule has 2 heteroatoms. The Hall–Kier alpha value is -7.03. The normalized spacial score (nSPS) is 14.3. The van der Waals surface area contributed by atoms with E-state index >= 15 is 0 Å². The molecule has 2 nitrogen and oxygen atoms in total. The molecule has 0 bridgehead atoms. The smallest absolute Gasteiger partial charge is 0.0795 e. The lowest BCUT2D eigenvalue weighted by molar-refractivity contribution is 0.659. The number of anilines is 1. The van der Waals surface area contributed by atoms with Gasteiger partial charge < -0.3 is 5.73 Å². The van der Waals surface area contributed by atoms with Gasteiger partial charge in [-0.2, -0.15) is 0 Å². The molecular formula is C58H46N2. The van der Waals surface area contributed by atoms with Gasteiger partial charge in [-0.05, 0) is 109 Å². The number of aromatic nitrogens is 1. The molecular weight excluding hydrogens is 725 g/mol. The van der Waals surface area contributed by atoms with Crippen molar-refractivity contribution in [1.29, 1.82) is 0 Å². The van der Waals surface area contributed by atoms with Crippen molar-refractivity contribution in [3.63, 3.8) is 0 Å². The molecule has 60 heavy (non-hydrogen) atoms. The van der Waals surface area contributed by atoms with Gasteiger partial charge in [0.1, 0.15) is 0 Å². The summed E-state index contributed by atoms with van der Waals surface area (Å²) >= 11 is 0. The minimum Gasteiger partial charge on any atom is -0.398 e. The molecule has 0 saturated carbocycles. The molecule has 0 spiro atoms. The molecule has 288 valence electrons. The number of fused-ring (bicyclic) bond motifs is 9. The fraction of sp³-hybridized carbons (Fsp3) is 0.121. The van der Waals surface area contributed by atoms with E-state index in [1.807, 2.05) is 0 Å². The minimum atomic E-state index is -0.0993. The Labute approximate surface area is 352 Å². The number of benzene rings is 8. The fourth-order valence-electron chi connectivity index (χ4n) is 10.3. The van der Waals surface area contributed by atoms with Gasteiger partial charge >= 0.3 is 0 Å². The third-order valence-electron chi connectivity index (χ3n) is 13.5. The van der Waals surface area contributed by atoms with Crippen molar-refractivity contribution >= 4 is 33.4 Å². The number of nitrogens with zero attached hydrogens (tertiary/aromatic N) is 1. The first kappa shape index (κ1) is 36.1. The van der Waals surface area contributed by atoms with Gasteiger partial charge in [0.05, 0.1) is 11.2 Å². The second-order valence-corrected chi connectivity index (χ2v) is 17.7. The third kappa shape index (κ3) is 5.51. The predicted molar refractivity (Wildman–Crippen MR) is 254 cm³/mol. The van der Waals surface area contributed by atoms with Gasteiger partial charge in [-0.3, -0.25) is 0 Å². The molecule has 0 unspecified atom stereocenters. The quantitative estimate of drug-likeness (QED) is 0.135. The van der Waals surface area contributed by atoms with E-state index in [0.29, 0.717) is 0 Å². The Morgan fingerprint density at radius 3 is 1.67 bits per heavy atom. The highest BCUT2D eigenvalue weighted by Crippen LogP contribution is 2.51. The molecule has 9 aromatic rings. The maximum Gasteiger partial charge on any atom is 0.0795 e. The topological polar surface area (TPSA) is 38.9 Å². The molecule has 0 saturated heterocycles. The van der Waals surface area contributed by atoms with Crippen molar-refractivity contribution in [2.24, 2.45) is 0 Å². The number of nitrogen functional groups attached to an aromatic ring is 1. The summed E-state index contributed by atoms with van der Waals surface area (Å²) in [4.78, 5) is 5.57. The van der Waals surface area contributed by atoms with Crippen LogP contribution in [0.25, 0.3) is 83.5 Å². The zero-order valence-electron chi connectivity index (χ0n) is 34.6. The standard InChI is InChI=1S/C58H46N2/c1-57(2)50-24-13-11-21-40(50)42-28-26-36(32-52(42)57)16-15-23-44-46(37-17-7-5-8-18-37)35-49-48(55(44)59)34-47(38-19-9-6-10-20-38)45-30-31-54(60-56(45)49)39-27-29-43-41-22-12-14-25-51(41)58(3,4)53(43)33-39/h5-15,17-35H,16,59H2,1-4H3/b23-15-. The molecule has 0 aliphatic heterocycles. The molecule has 8 aromatic carbocycles. The Balaban J connectivity index is 1.07. The summed E-state index contributed by atoms with van der Waals surface area (Å²) in [5, 5.41) is 3.16. The molecule has 2 aliphatic rings. The van der Waals surface area contributed by atoms with Crippen LogP contribution in [0.15, 0.2) is 176 Å². The van der Waals surface area contributed by atoms with Crippen molar-refractivity contribution in [2.45, 2.75) is 44.9 Å². The second kappa shape index (κ2) is 13.5. The first-order valence-corrected chi connectivity index (χ1v) is 21.1. The number of nitrogens with two attached hydrogens (primary N) is 1. The van der Waals surface area contributed by atoms with E-state index in [1.165, 1.54) is 50.1 Å². The van der Waals surface area contributed by atoms with E-state index in [4.69, 9.17) is 10.7 Å². The molecule has 0 radical (unpaired) electrons. The Morgan fingerprint density at radius 2 is 1.00 bits per heavy atom. The summed E-state index contributed by atoms with van der Waals surface area (Å²) in [5.74, 6) is 0. The van der Waals surface area contributed by atoms with E-state index in [-0.39, 0.29) is 10.8 Å². The Bertz CT molecular complexity index is 3220. The number of allylic oxidation sites excluding steroid dienone is 1. The fourth-order valence-corrected chi connectivity index (χ4v) is 10.3. The highest BCUT2D eigenvalue weighted by Gasteiger charge is 2.36. The van der Waals surface area contributed by atoms with Crippen molar-refractivity contribution in [3.8, 4) is 55.8 Å². The van der Waals surface area contributed by atoms with E-state index in [2.05, 4.69) is 210 Å². The SMILES string of the molecule is CC1(C)c2ccccc2-c2ccc(C/C=C\c3c(-c4ccccc4)cc4c(cc(-c5ccccc5)c5ccc(-c6ccc7c(c6)C(C)(C)c6ccccc6-7)nc54)c3N)cc21. The summed E-state index contributed by atoms with van der Waals surface area (Å²) in [7, 11) is 0. The van der Waals surface area contributed by atoms with Crippen molar-refractivity contribution in [3.05, 3.63) is 209 Å². The molecule has 2 aliphatic carbocycles. The number of hydrogen-bond acceptors (Lipinski definition) is 2. The van der Waals surface area contributed by atoms with Crippen LogP contribution in [0.2, 0.25) is 0 Å². The van der Waals surface area contributed by atoms with E-state index in [9.17, 15) is 0 Å². The summed E-state index contributed by atoms with van der Waals surface area (Å²) in [5.41, 5.74) is 28.7. The van der Waals surface area contributed by atoms with Crippen LogP contribution in [0, 0.1) is 0 Å². The molecule has 11 rings (SSSR count). The lowest BCUT2D eigenvalue weighted by atomic mass is 9.82. The summed E-state index contributed by atoms with van der Waals surface area (Å²) in [6, 6.07) is 61.9. The highest BCUT2D eigenvalue weighted by atomic mass is 14.7. The summed E-state index contributed by atoms with van der Waals surface area (Å²) in [6.07, 6.45) is 5.32. The molecule has 1 aromatic heterocycles. The average molecular weight is 771 g/mol. The van der Waals surface area contributed by atoms with Crippen molar-refractivity contribution in [1.82, 2.24) is 4.98 Å². The summed E-state index contributed by atoms with van der Waals surface area (Å²) < 4.78 is 0. The number of pyridine rings is 1. The number of rotatable bonds is 6. The summed E-state index contributed by atoms with van der Waals surface area (Å²) in [6.45, 7) is 9.35. The van der Waals surface area contributed by atoms with E-state index in [0.717, 1.165) is 72.9 Å². The van der Waals surface area contributed by atoms with Crippen LogP contribution in [0.4, 0.5) is 5.69 Å². The minimum absolute atomic E-state index is 0.0367. The lowest BCUT2D eigenvalue weighted by Crippen LogP contribution is -2.15. The van der Waals surface area contributed by atoms with Crippen LogP contribution < -0.4 is 5.73 Å². The lowest BCUT2D eigenvalue weighted by Gasteiger charge is -2.22.